The van der Waals surface area contributed by atoms with E-state index in [2.05, 4.69) is 14.3 Å². The number of rotatable bonds is 3. The molecule has 2 aromatic rings. The number of pyridine rings is 1. The molecule has 2 aromatic heterocycles. The molecular weight excluding hydrogens is 266 g/mol. The average molecular weight is 274 g/mol. The molecule has 0 aromatic carbocycles. The van der Waals surface area contributed by atoms with Gasteiger partial charge in [-0.1, -0.05) is 11.6 Å². The number of halogens is 1. The Morgan fingerprint density at radius 3 is 3.12 bits per heavy atom. The van der Waals surface area contributed by atoms with Crippen molar-refractivity contribution in [2.75, 3.05) is 6.61 Å². The van der Waals surface area contributed by atoms with E-state index in [-0.39, 0.29) is 0 Å². The van der Waals surface area contributed by atoms with Crippen molar-refractivity contribution in [2.24, 2.45) is 4.99 Å². The van der Waals surface area contributed by atoms with Crippen molar-refractivity contribution in [3.05, 3.63) is 28.2 Å². The van der Waals surface area contributed by atoms with E-state index in [1.54, 1.807) is 12.3 Å². The molecule has 0 aliphatic rings. The number of nitrogens with zero attached hydrogens (tertiary/aromatic N) is 3. The van der Waals surface area contributed by atoms with Crippen LogP contribution in [0.25, 0.3) is 0 Å². The number of aromatic nitrogens is 2. The van der Waals surface area contributed by atoms with Gasteiger partial charge in [-0.05, 0) is 29.4 Å². The molecular formula is C9H8ClN3OS2. The van der Waals surface area contributed by atoms with Crippen molar-refractivity contribution in [3.63, 3.8) is 0 Å². The van der Waals surface area contributed by atoms with Crippen LogP contribution in [0.1, 0.15) is 6.92 Å². The smallest absolute Gasteiger partial charge is 0.196 e. The highest BCUT2D eigenvalue weighted by atomic mass is 35.5. The third-order valence-electron chi connectivity index (χ3n) is 1.67. The summed E-state index contributed by atoms with van der Waals surface area (Å²) in [6, 6.07) is 3.63. The van der Waals surface area contributed by atoms with Crippen molar-refractivity contribution >= 4 is 38.3 Å². The van der Waals surface area contributed by atoms with Crippen molar-refractivity contribution in [1.29, 1.82) is 0 Å². The first-order valence-corrected chi connectivity index (χ1v) is 7.03. The van der Waals surface area contributed by atoms with Crippen LogP contribution in [-0.4, -0.2) is 16.0 Å². The van der Waals surface area contributed by atoms with E-state index in [0.29, 0.717) is 28.0 Å². The van der Waals surface area contributed by atoms with Crippen molar-refractivity contribution in [1.82, 2.24) is 9.36 Å². The minimum atomic E-state index is 0.406. The highest BCUT2D eigenvalue weighted by molar-refractivity contribution is 7.66. The first kappa shape index (κ1) is 11.5. The van der Waals surface area contributed by atoms with Crippen molar-refractivity contribution in [3.8, 4) is 5.75 Å². The van der Waals surface area contributed by atoms with Gasteiger partial charge in [0.25, 0.3) is 0 Å². The summed E-state index contributed by atoms with van der Waals surface area (Å²) in [5.74, 6) is 1.18. The van der Waals surface area contributed by atoms with Gasteiger partial charge in [0, 0.05) is 16.7 Å². The standard InChI is InChI=1S/C9H8ClN3OS2/c1-2-14-6-4-3-5-11-8(6)12-9-7(10)13-16-15-9/h3-5H,2H2,1H3/b12-9-. The van der Waals surface area contributed by atoms with Crippen molar-refractivity contribution in [2.45, 2.75) is 6.92 Å². The second kappa shape index (κ2) is 5.38. The molecule has 7 heteroatoms. The van der Waals surface area contributed by atoms with E-state index in [1.807, 2.05) is 13.0 Å². The van der Waals surface area contributed by atoms with Crippen LogP contribution in [0, 0.1) is 0 Å². The van der Waals surface area contributed by atoms with Crippen LogP contribution >= 0.6 is 32.5 Å². The summed E-state index contributed by atoms with van der Waals surface area (Å²) in [6.45, 7) is 2.49. The van der Waals surface area contributed by atoms with Gasteiger partial charge in [0.1, 0.15) is 0 Å². The fourth-order valence-corrected chi connectivity index (χ4v) is 3.03. The second-order valence-electron chi connectivity index (χ2n) is 2.72. The molecule has 0 aliphatic carbocycles. The predicted octanol–water partition coefficient (Wildman–Crippen LogP) is 2.88. The van der Waals surface area contributed by atoms with Gasteiger partial charge in [0.2, 0.25) is 0 Å². The molecule has 0 spiro atoms. The fraction of sp³-hybridized carbons (Fsp3) is 0.222. The van der Waals surface area contributed by atoms with E-state index in [0.717, 1.165) is 0 Å². The molecule has 0 unspecified atom stereocenters. The molecule has 0 atom stereocenters. The first-order valence-electron chi connectivity index (χ1n) is 4.55. The zero-order chi connectivity index (χ0) is 11.4. The molecule has 0 fully saturated rings. The van der Waals surface area contributed by atoms with E-state index in [4.69, 9.17) is 16.3 Å². The summed E-state index contributed by atoms with van der Waals surface area (Å²) in [5.41, 5.74) is 0. The van der Waals surface area contributed by atoms with Crippen LogP contribution in [0.15, 0.2) is 23.3 Å². The monoisotopic (exact) mass is 273 g/mol. The average Bonchev–Trinajstić information content (AvgIpc) is 2.68. The molecule has 0 bridgehead atoms. The zero-order valence-corrected chi connectivity index (χ0v) is 10.8. The first-order chi connectivity index (χ1) is 7.81. The summed E-state index contributed by atoms with van der Waals surface area (Å²) in [5, 5.41) is 0.406. The maximum atomic E-state index is 5.87. The number of hydrogen-bond donors (Lipinski definition) is 0. The lowest BCUT2D eigenvalue weighted by atomic mass is 10.4. The molecule has 2 heterocycles. The Kier molecular flexibility index (Phi) is 3.87. The molecule has 0 radical (unpaired) electrons. The molecule has 2 rings (SSSR count). The Morgan fingerprint density at radius 2 is 2.44 bits per heavy atom. The van der Waals surface area contributed by atoms with Crippen LogP contribution in [0.5, 0.6) is 5.75 Å². The molecule has 0 saturated carbocycles. The lowest BCUT2D eigenvalue weighted by Gasteiger charge is -2.03. The van der Waals surface area contributed by atoms with Gasteiger partial charge >= 0.3 is 0 Å². The second-order valence-corrected chi connectivity index (χ2v) is 4.91. The lowest BCUT2D eigenvalue weighted by molar-refractivity contribution is 0.340. The largest absolute Gasteiger partial charge is 0.490 e. The summed E-state index contributed by atoms with van der Waals surface area (Å²) in [7, 11) is 2.71. The van der Waals surface area contributed by atoms with E-state index in [1.165, 1.54) is 20.9 Å². The van der Waals surface area contributed by atoms with Crippen LogP contribution < -0.4 is 9.41 Å². The quantitative estimate of drug-likeness (QED) is 0.808. The minimum Gasteiger partial charge on any atom is -0.490 e. The van der Waals surface area contributed by atoms with Gasteiger partial charge in [-0.2, -0.15) is 4.37 Å². The lowest BCUT2D eigenvalue weighted by Crippen LogP contribution is -1.97. The Morgan fingerprint density at radius 1 is 1.56 bits per heavy atom. The maximum absolute atomic E-state index is 5.87. The molecule has 0 aliphatic heterocycles. The van der Waals surface area contributed by atoms with Crippen LogP contribution in [-0.2, 0) is 0 Å². The third kappa shape index (κ3) is 2.58. The molecule has 0 saturated heterocycles. The summed E-state index contributed by atoms with van der Waals surface area (Å²) < 4.78 is 10.0. The summed E-state index contributed by atoms with van der Waals surface area (Å²) in [6.07, 6.45) is 1.67. The number of ether oxygens (including phenoxy) is 1. The third-order valence-corrected chi connectivity index (χ3v) is 3.84. The molecule has 4 nitrogen and oxygen atoms in total. The Hall–Kier alpha value is -0.980. The molecule has 0 amide bonds. The van der Waals surface area contributed by atoms with Gasteiger partial charge in [-0.25, -0.2) is 9.98 Å². The van der Waals surface area contributed by atoms with E-state index < -0.39 is 0 Å². The van der Waals surface area contributed by atoms with Gasteiger partial charge < -0.3 is 4.74 Å². The van der Waals surface area contributed by atoms with Gasteiger partial charge in [0.15, 0.2) is 21.4 Å². The van der Waals surface area contributed by atoms with Crippen LogP contribution in [0.3, 0.4) is 0 Å². The molecule has 84 valence electrons. The van der Waals surface area contributed by atoms with Gasteiger partial charge in [0.05, 0.1) is 6.61 Å². The van der Waals surface area contributed by atoms with Gasteiger partial charge in [-0.15, -0.1) is 0 Å². The predicted molar refractivity (Wildman–Crippen MR) is 65.6 cm³/mol. The minimum absolute atomic E-state index is 0.406. The Balaban J connectivity index is 2.45. The zero-order valence-electron chi connectivity index (χ0n) is 8.38. The molecule has 0 N–H and O–H groups in total. The normalized spacial score (nSPS) is 11.8. The van der Waals surface area contributed by atoms with Crippen LogP contribution in [0.4, 0.5) is 5.82 Å². The number of hydrogen-bond acceptors (Lipinski definition) is 6. The maximum Gasteiger partial charge on any atom is 0.196 e. The van der Waals surface area contributed by atoms with Gasteiger partial charge in [-0.3, -0.25) is 0 Å². The topological polar surface area (TPSA) is 47.4 Å². The highest BCUT2D eigenvalue weighted by Crippen LogP contribution is 2.23. The Bertz CT molecular complexity index is 537. The summed E-state index contributed by atoms with van der Waals surface area (Å²) in [4.78, 5) is 8.46. The fourth-order valence-electron chi connectivity index (χ4n) is 1.06. The SMILES string of the molecule is CCOc1cccnc1/N=c1\ssnc1Cl. The Labute approximate surface area is 105 Å². The van der Waals surface area contributed by atoms with Crippen LogP contribution in [0.2, 0.25) is 5.15 Å². The molecule has 16 heavy (non-hydrogen) atoms. The summed E-state index contributed by atoms with van der Waals surface area (Å²) >= 11 is 5.87. The highest BCUT2D eigenvalue weighted by Gasteiger charge is 2.04. The van der Waals surface area contributed by atoms with E-state index in [9.17, 15) is 0 Å². The van der Waals surface area contributed by atoms with E-state index >= 15 is 0 Å². The van der Waals surface area contributed by atoms with Crippen molar-refractivity contribution < 1.29 is 4.74 Å².